The molecule has 3 N–H and O–H groups in total. The summed E-state index contributed by atoms with van der Waals surface area (Å²) in [6.07, 6.45) is 0.157. The molecule has 0 aromatic heterocycles. The Bertz CT molecular complexity index is 1370. The lowest BCUT2D eigenvalue weighted by atomic mass is 10.0. The number of carboxylic acid groups (broad SMARTS) is 1. The SMILES string of the molecule is CC(C)C[C@H](NC(CCN1C(=O)c2cc3ccccc3cc2C1=O)C(=O)O)C(=O)NCc1cc(F)cc(F)c1. The third-order valence-corrected chi connectivity index (χ3v) is 6.59. The lowest BCUT2D eigenvalue weighted by Gasteiger charge is -2.25. The zero-order valence-corrected chi connectivity index (χ0v) is 21.5. The number of hydrogen-bond donors (Lipinski definition) is 3. The number of nitrogens with one attached hydrogen (secondary N) is 2. The van der Waals surface area contributed by atoms with Gasteiger partial charge in [-0.15, -0.1) is 0 Å². The minimum atomic E-state index is -1.24. The van der Waals surface area contributed by atoms with Gasteiger partial charge in [0.2, 0.25) is 5.91 Å². The summed E-state index contributed by atoms with van der Waals surface area (Å²) in [6.45, 7) is 3.42. The van der Waals surface area contributed by atoms with Gasteiger partial charge in [0.25, 0.3) is 11.8 Å². The largest absolute Gasteiger partial charge is 0.480 e. The number of fused-ring (bicyclic) bond motifs is 2. The molecule has 3 aromatic carbocycles. The molecule has 39 heavy (non-hydrogen) atoms. The first-order valence-electron chi connectivity index (χ1n) is 12.6. The lowest BCUT2D eigenvalue weighted by molar-refractivity contribution is -0.140. The van der Waals surface area contributed by atoms with Crippen molar-refractivity contribution in [2.45, 2.75) is 45.3 Å². The maximum Gasteiger partial charge on any atom is 0.320 e. The predicted molar refractivity (Wildman–Crippen MR) is 140 cm³/mol. The standard InChI is InChI=1S/C29H29F2N3O5/c1-16(2)9-25(26(35)32-15-17-10-20(30)14-21(31)11-17)33-24(29(38)39)7-8-34-27(36)22-12-18-5-3-4-6-19(18)13-23(22)28(34)37/h3-6,10-14,16,24-25,33H,7-9,15H2,1-2H3,(H,32,35)(H,38,39)/t24?,25-/m0/s1. The number of imide groups is 1. The number of halogens is 2. The molecule has 3 amide bonds. The second kappa shape index (κ2) is 11.7. The number of carbonyl (C=O) groups excluding carboxylic acids is 3. The van der Waals surface area contributed by atoms with Gasteiger partial charge in [0.05, 0.1) is 17.2 Å². The molecule has 4 rings (SSSR count). The third-order valence-electron chi connectivity index (χ3n) is 6.59. The number of nitrogens with zero attached hydrogens (tertiary/aromatic N) is 1. The highest BCUT2D eigenvalue weighted by atomic mass is 19.1. The number of carboxylic acids is 1. The first-order valence-corrected chi connectivity index (χ1v) is 12.6. The minimum absolute atomic E-state index is 0.0136. The smallest absolute Gasteiger partial charge is 0.320 e. The fourth-order valence-electron chi connectivity index (χ4n) is 4.71. The molecule has 0 fully saturated rings. The van der Waals surface area contributed by atoms with Crippen LogP contribution >= 0.6 is 0 Å². The van der Waals surface area contributed by atoms with Crippen LogP contribution in [0.15, 0.2) is 54.6 Å². The summed E-state index contributed by atoms with van der Waals surface area (Å²) in [7, 11) is 0. The molecule has 204 valence electrons. The first kappa shape index (κ1) is 27.8. The highest BCUT2D eigenvalue weighted by Crippen LogP contribution is 2.28. The van der Waals surface area contributed by atoms with Gasteiger partial charge in [0.15, 0.2) is 0 Å². The van der Waals surface area contributed by atoms with Crippen molar-refractivity contribution in [3.63, 3.8) is 0 Å². The number of hydrogen-bond acceptors (Lipinski definition) is 5. The monoisotopic (exact) mass is 537 g/mol. The van der Waals surface area contributed by atoms with Crippen molar-refractivity contribution in [3.05, 3.63) is 82.9 Å². The highest BCUT2D eigenvalue weighted by molar-refractivity contribution is 6.23. The molecule has 0 aliphatic carbocycles. The Kier molecular flexibility index (Phi) is 8.35. The van der Waals surface area contributed by atoms with Crippen molar-refractivity contribution >= 4 is 34.5 Å². The molecule has 8 nitrogen and oxygen atoms in total. The molecule has 2 atom stereocenters. The zero-order valence-electron chi connectivity index (χ0n) is 21.5. The Hall–Kier alpha value is -4.18. The predicted octanol–water partition coefficient (Wildman–Crippen LogP) is 3.88. The van der Waals surface area contributed by atoms with Crippen LogP contribution in [0, 0.1) is 17.6 Å². The average Bonchev–Trinajstić information content (AvgIpc) is 3.10. The van der Waals surface area contributed by atoms with Gasteiger partial charge in [0.1, 0.15) is 17.7 Å². The van der Waals surface area contributed by atoms with Crippen LogP contribution in [-0.2, 0) is 16.1 Å². The van der Waals surface area contributed by atoms with E-state index in [1.54, 1.807) is 12.1 Å². The van der Waals surface area contributed by atoms with Gasteiger partial charge in [-0.3, -0.25) is 29.4 Å². The number of carbonyl (C=O) groups is 4. The Balaban J connectivity index is 1.43. The number of amides is 3. The number of aliphatic carboxylic acids is 1. The normalized spacial score (nSPS) is 14.5. The lowest BCUT2D eigenvalue weighted by Crippen LogP contribution is -2.52. The highest BCUT2D eigenvalue weighted by Gasteiger charge is 2.37. The molecule has 0 radical (unpaired) electrons. The Labute approximate surface area is 224 Å². The van der Waals surface area contributed by atoms with E-state index < -0.39 is 47.4 Å². The second-order valence-electron chi connectivity index (χ2n) is 10.0. The van der Waals surface area contributed by atoms with E-state index in [2.05, 4.69) is 10.6 Å². The summed E-state index contributed by atoms with van der Waals surface area (Å²) < 4.78 is 27.0. The van der Waals surface area contributed by atoms with E-state index in [1.165, 1.54) is 0 Å². The van der Waals surface area contributed by atoms with Gasteiger partial charge in [-0.05, 0) is 59.4 Å². The van der Waals surface area contributed by atoms with Crippen molar-refractivity contribution in [3.8, 4) is 0 Å². The maximum atomic E-state index is 13.5. The molecule has 1 aliphatic rings. The van der Waals surface area contributed by atoms with Gasteiger partial charge in [0, 0.05) is 19.2 Å². The molecule has 0 saturated heterocycles. The minimum Gasteiger partial charge on any atom is -0.480 e. The fraction of sp³-hybridized carbons (Fsp3) is 0.310. The number of rotatable bonds is 11. The summed E-state index contributed by atoms with van der Waals surface area (Å²) in [5.41, 5.74) is 0.756. The van der Waals surface area contributed by atoms with E-state index in [0.717, 1.165) is 33.9 Å². The Morgan fingerprint density at radius 2 is 1.46 bits per heavy atom. The van der Waals surface area contributed by atoms with E-state index in [0.29, 0.717) is 0 Å². The molecule has 1 heterocycles. The number of benzene rings is 3. The quantitative estimate of drug-likeness (QED) is 0.320. The fourth-order valence-corrected chi connectivity index (χ4v) is 4.71. The molecule has 10 heteroatoms. The van der Waals surface area contributed by atoms with Crippen LogP contribution < -0.4 is 10.6 Å². The molecule has 1 unspecified atom stereocenters. The van der Waals surface area contributed by atoms with Crippen molar-refractivity contribution in [2.24, 2.45) is 5.92 Å². The van der Waals surface area contributed by atoms with Crippen LogP contribution in [0.5, 0.6) is 0 Å². The summed E-state index contributed by atoms with van der Waals surface area (Å²) in [5, 5.41) is 16.9. The first-order chi connectivity index (χ1) is 18.5. The van der Waals surface area contributed by atoms with Crippen molar-refractivity contribution < 1.29 is 33.1 Å². The van der Waals surface area contributed by atoms with E-state index in [4.69, 9.17) is 0 Å². The topological polar surface area (TPSA) is 116 Å². The van der Waals surface area contributed by atoms with Gasteiger partial charge < -0.3 is 10.4 Å². The summed E-state index contributed by atoms with van der Waals surface area (Å²) in [4.78, 5) is 52.0. The Morgan fingerprint density at radius 1 is 0.897 bits per heavy atom. The van der Waals surface area contributed by atoms with Gasteiger partial charge >= 0.3 is 5.97 Å². The average molecular weight is 538 g/mol. The van der Waals surface area contributed by atoms with Crippen molar-refractivity contribution in [1.82, 2.24) is 15.5 Å². The van der Waals surface area contributed by atoms with E-state index >= 15 is 0 Å². The second-order valence-corrected chi connectivity index (χ2v) is 10.0. The zero-order chi connectivity index (χ0) is 28.3. The molecular weight excluding hydrogens is 508 g/mol. The molecule has 0 bridgehead atoms. The van der Waals surface area contributed by atoms with Gasteiger partial charge in [-0.25, -0.2) is 8.78 Å². The van der Waals surface area contributed by atoms with E-state index in [1.807, 2.05) is 38.1 Å². The summed E-state index contributed by atoms with van der Waals surface area (Å²) >= 11 is 0. The van der Waals surface area contributed by atoms with Crippen LogP contribution in [0.1, 0.15) is 53.0 Å². The Morgan fingerprint density at radius 3 is 1.97 bits per heavy atom. The molecule has 1 aliphatic heterocycles. The summed E-state index contributed by atoms with van der Waals surface area (Å²) in [6, 6.07) is 11.4. The van der Waals surface area contributed by atoms with Crippen LogP contribution in [0.2, 0.25) is 0 Å². The van der Waals surface area contributed by atoms with Gasteiger partial charge in [-0.2, -0.15) is 0 Å². The van der Waals surface area contributed by atoms with Crippen molar-refractivity contribution in [2.75, 3.05) is 6.54 Å². The summed E-state index contributed by atoms with van der Waals surface area (Å²) in [5.74, 6) is -4.31. The van der Waals surface area contributed by atoms with Crippen LogP contribution in [-0.4, -0.2) is 52.3 Å². The third kappa shape index (κ3) is 6.46. The molecular formula is C29H29F2N3O5. The van der Waals surface area contributed by atoms with Crippen molar-refractivity contribution in [1.29, 1.82) is 0 Å². The van der Waals surface area contributed by atoms with Crippen LogP contribution in [0.4, 0.5) is 8.78 Å². The van der Waals surface area contributed by atoms with Crippen LogP contribution in [0.25, 0.3) is 10.8 Å². The maximum absolute atomic E-state index is 13.5. The van der Waals surface area contributed by atoms with E-state index in [9.17, 15) is 33.1 Å². The van der Waals surface area contributed by atoms with Gasteiger partial charge in [-0.1, -0.05) is 38.1 Å². The van der Waals surface area contributed by atoms with Crippen LogP contribution in [0.3, 0.4) is 0 Å². The van der Waals surface area contributed by atoms with E-state index in [-0.39, 0.29) is 48.5 Å². The molecule has 3 aromatic rings. The molecule has 0 spiro atoms. The molecule has 0 saturated carbocycles.